The van der Waals surface area contributed by atoms with E-state index in [1.54, 1.807) is 0 Å². The molecule has 0 bridgehead atoms. The molecule has 0 saturated carbocycles. The first kappa shape index (κ1) is 11.1. The summed E-state index contributed by atoms with van der Waals surface area (Å²) in [5.74, 6) is 0. The molecule has 1 aromatic heterocycles. The lowest BCUT2D eigenvalue weighted by Gasteiger charge is -2.02. The fraction of sp³-hybridized carbons (Fsp3) is 0.250. The lowest BCUT2D eigenvalue weighted by Crippen LogP contribution is -2.15. The monoisotopic (exact) mass is 233 g/mol. The normalized spacial score (nSPS) is 10.5. The van der Waals surface area contributed by atoms with Crippen LogP contribution in [0.3, 0.4) is 0 Å². The van der Waals surface area contributed by atoms with Gasteiger partial charge in [0.1, 0.15) is 0 Å². The predicted octanol–water partition coefficient (Wildman–Crippen LogP) is 2.06. The molecule has 3 N–H and O–H groups in total. The maximum absolute atomic E-state index is 5.55. The van der Waals surface area contributed by atoms with Gasteiger partial charge in [-0.05, 0) is 18.5 Å². The Morgan fingerprint density at radius 2 is 2.06 bits per heavy atom. The van der Waals surface area contributed by atoms with Gasteiger partial charge in [-0.15, -0.1) is 11.3 Å². The highest BCUT2D eigenvalue weighted by Crippen LogP contribution is 2.13. The van der Waals surface area contributed by atoms with Crippen molar-refractivity contribution in [1.29, 1.82) is 0 Å². The SMILES string of the molecule is Nc1ncc(CNCCc2ccccc2)s1. The highest BCUT2D eigenvalue weighted by atomic mass is 32.1. The second kappa shape index (κ2) is 5.63. The fourth-order valence-corrected chi connectivity index (χ4v) is 2.15. The van der Waals surface area contributed by atoms with Gasteiger partial charge >= 0.3 is 0 Å². The van der Waals surface area contributed by atoms with Gasteiger partial charge in [0.15, 0.2) is 5.13 Å². The van der Waals surface area contributed by atoms with Crippen LogP contribution < -0.4 is 11.1 Å². The van der Waals surface area contributed by atoms with Crippen molar-refractivity contribution in [2.24, 2.45) is 0 Å². The second-order valence-electron chi connectivity index (χ2n) is 3.58. The van der Waals surface area contributed by atoms with Crippen LogP contribution in [0, 0.1) is 0 Å². The van der Waals surface area contributed by atoms with E-state index in [1.807, 2.05) is 12.3 Å². The molecule has 0 fully saturated rings. The molecule has 2 aromatic rings. The third kappa shape index (κ3) is 3.32. The summed E-state index contributed by atoms with van der Waals surface area (Å²) in [7, 11) is 0. The summed E-state index contributed by atoms with van der Waals surface area (Å²) >= 11 is 1.54. The molecule has 16 heavy (non-hydrogen) atoms. The maximum atomic E-state index is 5.55. The van der Waals surface area contributed by atoms with Crippen molar-refractivity contribution in [3.8, 4) is 0 Å². The van der Waals surface area contributed by atoms with Gasteiger partial charge in [-0.2, -0.15) is 0 Å². The molecule has 0 radical (unpaired) electrons. The molecule has 0 aliphatic rings. The molecule has 1 aromatic carbocycles. The van der Waals surface area contributed by atoms with Crippen LogP contribution in [0.5, 0.6) is 0 Å². The van der Waals surface area contributed by atoms with Crippen LogP contribution in [0.2, 0.25) is 0 Å². The minimum Gasteiger partial charge on any atom is -0.375 e. The Morgan fingerprint density at radius 1 is 1.25 bits per heavy atom. The molecule has 0 atom stereocenters. The first-order chi connectivity index (χ1) is 7.84. The average Bonchev–Trinajstić information content (AvgIpc) is 2.72. The van der Waals surface area contributed by atoms with Gasteiger partial charge in [0.05, 0.1) is 0 Å². The number of rotatable bonds is 5. The van der Waals surface area contributed by atoms with Gasteiger partial charge in [0.2, 0.25) is 0 Å². The van der Waals surface area contributed by atoms with E-state index in [4.69, 9.17) is 5.73 Å². The van der Waals surface area contributed by atoms with E-state index >= 15 is 0 Å². The van der Waals surface area contributed by atoms with Crippen molar-refractivity contribution in [1.82, 2.24) is 10.3 Å². The maximum Gasteiger partial charge on any atom is 0.180 e. The molecule has 4 heteroatoms. The Kier molecular flexibility index (Phi) is 3.91. The van der Waals surface area contributed by atoms with Gasteiger partial charge in [0.25, 0.3) is 0 Å². The van der Waals surface area contributed by atoms with Gasteiger partial charge in [-0.3, -0.25) is 0 Å². The van der Waals surface area contributed by atoms with Crippen LogP contribution in [0.15, 0.2) is 36.5 Å². The fourth-order valence-electron chi connectivity index (χ4n) is 1.49. The van der Waals surface area contributed by atoms with E-state index in [0.29, 0.717) is 5.13 Å². The summed E-state index contributed by atoms with van der Waals surface area (Å²) in [6.45, 7) is 1.82. The highest BCUT2D eigenvalue weighted by Gasteiger charge is 1.97. The number of hydrogen-bond acceptors (Lipinski definition) is 4. The summed E-state index contributed by atoms with van der Waals surface area (Å²) in [4.78, 5) is 5.20. The Balaban J connectivity index is 1.69. The Labute approximate surface area is 99.3 Å². The summed E-state index contributed by atoms with van der Waals surface area (Å²) in [5, 5.41) is 4.02. The van der Waals surface area contributed by atoms with Crippen LogP contribution in [0.4, 0.5) is 5.13 Å². The van der Waals surface area contributed by atoms with Gasteiger partial charge in [-0.1, -0.05) is 30.3 Å². The average molecular weight is 233 g/mol. The van der Waals surface area contributed by atoms with Crippen LogP contribution >= 0.6 is 11.3 Å². The molecule has 0 saturated heterocycles. The van der Waals surface area contributed by atoms with Gasteiger partial charge < -0.3 is 11.1 Å². The molecule has 1 heterocycles. The summed E-state index contributed by atoms with van der Waals surface area (Å²) in [6, 6.07) is 10.5. The third-order valence-electron chi connectivity index (χ3n) is 2.30. The van der Waals surface area contributed by atoms with E-state index in [2.05, 4.69) is 34.6 Å². The largest absolute Gasteiger partial charge is 0.375 e. The van der Waals surface area contributed by atoms with Crippen LogP contribution in [0.25, 0.3) is 0 Å². The number of anilines is 1. The van der Waals surface area contributed by atoms with Crippen LogP contribution in [0.1, 0.15) is 10.4 Å². The molecule has 3 nitrogen and oxygen atoms in total. The van der Waals surface area contributed by atoms with Gasteiger partial charge in [0, 0.05) is 17.6 Å². The molecule has 84 valence electrons. The molecule has 0 aliphatic carbocycles. The van der Waals surface area contributed by atoms with E-state index in [1.165, 1.54) is 21.8 Å². The number of nitrogens with zero attached hydrogens (tertiary/aromatic N) is 1. The Bertz CT molecular complexity index is 425. The standard InChI is InChI=1S/C12H15N3S/c13-12-15-9-11(16-12)8-14-7-6-10-4-2-1-3-5-10/h1-5,9,14H,6-8H2,(H2,13,15). The van der Waals surface area contributed by atoms with E-state index in [9.17, 15) is 0 Å². The topological polar surface area (TPSA) is 50.9 Å². The predicted molar refractivity (Wildman–Crippen MR) is 68.4 cm³/mol. The quantitative estimate of drug-likeness (QED) is 0.777. The number of benzene rings is 1. The lowest BCUT2D eigenvalue weighted by molar-refractivity contribution is 0.693. The zero-order valence-corrected chi connectivity index (χ0v) is 9.83. The zero-order valence-electron chi connectivity index (χ0n) is 9.02. The highest BCUT2D eigenvalue weighted by molar-refractivity contribution is 7.15. The smallest absolute Gasteiger partial charge is 0.180 e. The molecule has 0 spiro atoms. The summed E-state index contributed by atoms with van der Waals surface area (Å²) in [5.41, 5.74) is 6.91. The number of nitrogen functional groups attached to an aromatic ring is 1. The number of thiazole rings is 1. The van der Waals surface area contributed by atoms with E-state index in [-0.39, 0.29) is 0 Å². The molecular formula is C12H15N3S. The van der Waals surface area contributed by atoms with Gasteiger partial charge in [-0.25, -0.2) is 4.98 Å². The van der Waals surface area contributed by atoms with Crippen molar-refractivity contribution in [2.75, 3.05) is 12.3 Å². The Hall–Kier alpha value is -1.39. The molecule has 0 aliphatic heterocycles. The van der Waals surface area contributed by atoms with Crippen molar-refractivity contribution >= 4 is 16.5 Å². The minimum absolute atomic E-state index is 0.639. The zero-order chi connectivity index (χ0) is 11.2. The van der Waals surface area contributed by atoms with Crippen LogP contribution in [-0.4, -0.2) is 11.5 Å². The van der Waals surface area contributed by atoms with E-state index < -0.39 is 0 Å². The molecule has 0 unspecified atom stereocenters. The van der Waals surface area contributed by atoms with Crippen molar-refractivity contribution in [3.63, 3.8) is 0 Å². The lowest BCUT2D eigenvalue weighted by atomic mass is 10.1. The molecule has 2 rings (SSSR count). The number of aromatic nitrogens is 1. The minimum atomic E-state index is 0.639. The van der Waals surface area contributed by atoms with Crippen LogP contribution in [-0.2, 0) is 13.0 Å². The second-order valence-corrected chi connectivity index (χ2v) is 4.72. The number of hydrogen-bond donors (Lipinski definition) is 2. The summed E-state index contributed by atoms with van der Waals surface area (Å²) in [6.07, 6.45) is 2.88. The first-order valence-electron chi connectivity index (χ1n) is 5.29. The van der Waals surface area contributed by atoms with E-state index in [0.717, 1.165) is 19.5 Å². The summed E-state index contributed by atoms with van der Waals surface area (Å²) < 4.78 is 0. The number of nitrogens with two attached hydrogens (primary N) is 1. The number of nitrogens with one attached hydrogen (secondary N) is 1. The van der Waals surface area contributed by atoms with Crippen molar-refractivity contribution in [3.05, 3.63) is 47.0 Å². The molecule has 0 amide bonds. The molecular weight excluding hydrogens is 218 g/mol. The first-order valence-corrected chi connectivity index (χ1v) is 6.11. The van der Waals surface area contributed by atoms with Crippen molar-refractivity contribution < 1.29 is 0 Å². The third-order valence-corrected chi connectivity index (χ3v) is 3.13. The van der Waals surface area contributed by atoms with Crippen molar-refractivity contribution in [2.45, 2.75) is 13.0 Å². The Morgan fingerprint density at radius 3 is 2.75 bits per heavy atom.